The highest BCUT2D eigenvalue weighted by Gasteiger charge is 2.27. The Morgan fingerprint density at radius 1 is 1.15 bits per heavy atom. The van der Waals surface area contributed by atoms with Crippen LogP contribution in [-0.2, 0) is 28.8 Å². The molecule has 0 aliphatic heterocycles. The van der Waals surface area contributed by atoms with Gasteiger partial charge >= 0.3 is 5.97 Å². The number of aliphatic hydroxyl groups excluding tert-OH is 1. The molecular weight excluding hydrogens is 440 g/mol. The van der Waals surface area contributed by atoms with Gasteiger partial charge in [0.1, 0.15) is 19.3 Å². The minimum Gasteiger partial charge on any atom is -0.487 e. The number of aliphatic hydroxyl groups is 1. The fraction of sp³-hybridized carbons (Fsp3) is 0.519. The number of ether oxygens (including phenoxy) is 2. The van der Waals surface area contributed by atoms with E-state index in [0.717, 1.165) is 31.9 Å². The first-order valence-corrected chi connectivity index (χ1v) is 12.0. The molecule has 1 aliphatic carbocycles. The number of benzene rings is 2. The van der Waals surface area contributed by atoms with Gasteiger partial charge in [0.2, 0.25) is 5.82 Å². The van der Waals surface area contributed by atoms with Crippen molar-refractivity contribution in [1.82, 2.24) is 0 Å². The number of carbonyl (C=O) groups is 1. The van der Waals surface area contributed by atoms with Crippen LogP contribution in [0.25, 0.3) is 0 Å². The Bertz CT molecular complexity index is 954. The number of hydrogen-bond acceptors (Lipinski definition) is 4. The number of esters is 1. The molecule has 34 heavy (non-hydrogen) atoms. The molecule has 0 aromatic heterocycles. The number of carbonyl (C=O) groups excluding carboxylic acids is 1. The summed E-state index contributed by atoms with van der Waals surface area (Å²) >= 11 is 0. The fourth-order valence-corrected chi connectivity index (χ4v) is 4.68. The van der Waals surface area contributed by atoms with Crippen LogP contribution in [0.2, 0.25) is 0 Å². The van der Waals surface area contributed by atoms with Gasteiger partial charge in [0, 0.05) is 12.8 Å². The van der Waals surface area contributed by atoms with Crippen LogP contribution in [0.4, 0.5) is 8.78 Å². The first-order chi connectivity index (χ1) is 16.2. The summed E-state index contributed by atoms with van der Waals surface area (Å²) in [5, 5.41) is 10.6. The van der Waals surface area contributed by atoms with E-state index >= 15 is 0 Å². The summed E-state index contributed by atoms with van der Waals surface area (Å²) in [6.07, 6.45) is 2.58. The Kier molecular flexibility index (Phi) is 9.03. The lowest BCUT2D eigenvalue weighted by Gasteiger charge is -2.32. The number of likely N-dealkylation sites (N-methyl/N-ethyl adjacent to an activating group) is 1. The van der Waals surface area contributed by atoms with E-state index in [9.17, 15) is 18.7 Å². The number of nitrogens with zero attached hydrogens (tertiary/aromatic N) is 1. The van der Waals surface area contributed by atoms with Crippen molar-refractivity contribution in [1.29, 1.82) is 0 Å². The molecule has 0 radical (unpaired) electrons. The quantitative estimate of drug-likeness (QED) is 0.371. The van der Waals surface area contributed by atoms with E-state index in [4.69, 9.17) is 9.47 Å². The third-order valence-corrected chi connectivity index (χ3v) is 6.44. The van der Waals surface area contributed by atoms with Crippen molar-refractivity contribution in [3.63, 3.8) is 0 Å². The molecule has 1 aliphatic rings. The lowest BCUT2D eigenvalue weighted by atomic mass is 10.0. The molecule has 0 heterocycles. The molecule has 1 atom stereocenters. The van der Waals surface area contributed by atoms with E-state index in [0.29, 0.717) is 22.5 Å². The number of fused-ring (bicyclic) bond motifs is 1. The van der Waals surface area contributed by atoms with Crippen molar-refractivity contribution in [2.45, 2.75) is 45.1 Å². The van der Waals surface area contributed by atoms with Gasteiger partial charge in [0.25, 0.3) is 0 Å². The second-order valence-corrected chi connectivity index (χ2v) is 9.79. The highest BCUT2D eigenvalue weighted by atomic mass is 19.2. The summed E-state index contributed by atoms with van der Waals surface area (Å²) in [5.74, 6) is -2.20. The molecular formula is C27H36F2NO4+. The molecule has 7 heteroatoms. The van der Waals surface area contributed by atoms with Crippen LogP contribution in [0.3, 0.4) is 0 Å². The number of aryl methyl sites for hydroxylation is 1. The van der Waals surface area contributed by atoms with Crippen molar-refractivity contribution < 1.29 is 32.6 Å². The van der Waals surface area contributed by atoms with Gasteiger partial charge in [-0.3, -0.25) is 4.79 Å². The van der Waals surface area contributed by atoms with Crippen molar-refractivity contribution in [2.75, 3.05) is 40.4 Å². The zero-order valence-corrected chi connectivity index (χ0v) is 20.4. The van der Waals surface area contributed by atoms with Crippen LogP contribution >= 0.6 is 0 Å². The molecule has 0 fully saturated rings. The summed E-state index contributed by atoms with van der Waals surface area (Å²) in [6, 6.07) is 11.0. The average molecular weight is 477 g/mol. The van der Waals surface area contributed by atoms with E-state index in [1.807, 2.05) is 0 Å². The first kappa shape index (κ1) is 26.1. The number of hydrogen-bond donors (Lipinski definition) is 1. The monoisotopic (exact) mass is 476 g/mol. The normalized spacial score (nSPS) is 14.6. The Labute approximate surface area is 200 Å². The molecule has 0 spiro atoms. The lowest BCUT2D eigenvalue weighted by molar-refractivity contribution is -0.894. The van der Waals surface area contributed by atoms with Crippen molar-refractivity contribution in [2.24, 2.45) is 5.92 Å². The molecule has 0 bridgehead atoms. The smallest absolute Gasteiger partial charge is 0.306 e. The van der Waals surface area contributed by atoms with E-state index in [2.05, 4.69) is 38.4 Å². The van der Waals surface area contributed by atoms with Crippen molar-refractivity contribution >= 4 is 5.97 Å². The van der Waals surface area contributed by atoms with Gasteiger partial charge in [-0.25, -0.2) is 4.39 Å². The Morgan fingerprint density at radius 3 is 2.47 bits per heavy atom. The summed E-state index contributed by atoms with van der Waals surface area (Å²) in [5.41, 5.74) is 3.23. The molecule has 5 nitrogen and oxygen atoms in total. The van der Waals surface area contributed by atoms with Crippen LogP contribution < -0.4 is 4.74 Å². The Hall–Kier alpha value is -2.51. The van der Waals surface area contributed by atoms with E-state index in [1.54, 1.807) is 6.92 Å². The van der Waals surface area contributed by atoms with Gasteiger partial charge in [-0.1, -0.05) is 30.3 Å². The Morgan fingerprint density at radius 2 is 1.82 bits per heavy atom. The SMILES string of the molecule is CCOC(=O)CCc1ccc(F)c(F)c1OC[C@H](O)C[N+](C)(C)CCC1Cc2ccccc2C1. The van der Waals surface area contributed by atoms with Crippen molar-refractivity contribution in [3.05, 3.63) is 64.7 Å². The van der Waals surface area contributed by atoms with Crippen LogP contribution in [0.1, 0.15) is 36.5 Å². The van der Waals surface area contributed by atoms with E-state index in [1.165, 1.54) is 17.2 Å². The molecule has 0 saturated carbocycles. The zero-order chi connectivity index (χ0) is 24.7. The molecule has 0 unspecified atom stereocenters. The number of rotatable bonds is 12. The summed E-state index contributed by atoms with van der Waals surface area (Å²) in [7, 11) is 4.11. The zero-order valence-electron chi connectivity index (χ0n) is 20.4. The third kappa shape index (κ3) is 7.24. The van der Waals surface area contributed by atoms with Gasteiger partial charge in [0.05, 0.1) is 27.2 Å². The summed E-state index contributed by atoms with van der Waals surface area (Å²) in [6.45, 7) is 3.12. The van der Waals surface area contributed by atoms with E-state index < -0.39 is 23.7 Å². The number of quaternary nitrogens is 1. The molecule has 186 valence electrons. The molecule has 3 rings (SSSR count). The maximum atomic E-state index is 14.4. The highest BCUT2D eigenvalue weighted by molar-refractivity contribution is 5.69. The molecule has 1 N–H and O–H groups in total. The van der Waals surface area contributed by atoms with Gasteiger partial charge < -0.3 is 19.1 Å². The lowest BCUT2D eigenvalue weighted by Crippen LogP contribution is -2.48. The molecule has 0 amide bonds. The predicted molar refractivity (Wildman–Crippen MR) is 127 cm³/mol. The maximum Gasteiger partial charge on any atom is 0.306 e. The van der Waals surface area contributed by atoms with Gasteiger partial charge in [0.15, 0.2) is 11.6 Å². The maximum absolute atomic E-state index is 14.4. The number of halogens is 2. The van der Waals surface area contributed by atoms with Crippen LogP contribution in [-0.4, -0.2) is 62.1 Å². The second-order valence-electron chi connectivity index (χ2n) is 9.79. The molecule has 0 saturated heterocycles. The highest BCUT2D eigenvalue weighted by Crippen LogP contribution is 2.29. The van der Waals surface area contributed by atoms with Crippen LogP contribution in [0, 0.1) is 17.6 Å². The van der Waals surface area contributed by atoms with Crippen LogP contribution in [0.5, 0.6) is 5.75 Å². The standard InChI is InChI=1S/C27H36F2NO4/c1-4-33-25(32)12-10-20-9-11-24(28)26(29)27(20)34-18-23(31)17-30(2,3)14-13-19-15-21-7-5-6-8-22(21)16-19/h5-9,11,19,23,31H,4,10,12-18H2,1-3H3/q+1/t23-/m1/s1. The Balaban J connectivity index is 1.51. The minimum absolute atomic E-state index is 0.0345. The van der Waals surface area contributed by atoms with Crippen molar-refractivity contribution in [3.8, 4) is 5.75 Å². The molecule has 2 aromatic rings. The summed E-state index contributed by atoms with van der Waals surface area (Å²) < 4.78 is 39.3. The third-order valence-electron chi connectivity index (χ3n) is 6.44. The second kappa shape index (κ2) is 11.8. The van der Waals surface area contributed by atoms with Crippen LogP contribution in [0.15, 0.2) is 36.4 Å². The minimum atomic E-state index is -1.11. The van der Waals surface area contributed by atoms with E-state index in [-0.39, 0.29) is 31.8 Å². The summed E-state index contributed by atoms with van der Waals surface area (Å²) in [4.78, 5) is 11.7. The fourth-order valence-electron chi connectivity index (χ4n) is 4.68. The molecule has 2 aromatic carbocycles. The largest absolute Gasteiger partial charge is 0.487 e. The van der Waals surface area contributed by atoms with Gasteiger partial charge in [-0.15, -0.1) is 0 Å². The predicted octanol–water partition coefficient (Wildman–Crippen LogP) is 4.08. The van der Waals surface area contributed by atoms with Gasteiger partial charge in [-0.2, -0.15) is 4.39 Å². The average Bonchev–Trinajstić information content (AvgIpc) is 3.21. The first-order valence-electron chi connectivity index (χ1n) is 12.0. The van der Waals surface area contributed by atoms with Gasteiger partial charge in [-0.05, 0) is 54.9 Å². The topological polar surface area (TPSA) is 55.8 Å².